The van der Waals surface area contributed by atoms with E-state index in [9.17, 15) is 4.79 Å². The lowest BCUT2D eigenvalue weighted by molar-refractivity contribution is 0.712. The highest BCUT2D eigenvalue weighted by atomic mass is 16.1. The highest BCUT2D eigenvalue weighted by Crippen LogP contribution is 2.12. The highest BCUT2D eigenvalue weighted by molar-refractivity contribution is 5.41. The molecule has 17 heavy (non-hydrogen) atoms. The molecule has 0 aliphatic carbocycles. The minimum absolute atomic E-state index is 0.368. The van der Waals surface area contributed by atoms with E-state index in [1.54, 1.807) is 31.2 Å². The van der Waals surface area contributed by atoms with E-state index in [-0.39, 0.29) is 11.7 Å². The summed E-state index contributed by atoms with van der Waals surface area (Å²) in [5.41, 5.74) is 6.42. The summed E-state index contributed by atoms with van der Waals surface area (Å²) in [6.45, 7) is 1.74. The van der Waals surface area contributed by atoms with Crippen molar-refractivity contribution in [2.45, 2.75) is 13.0 Å². The molecule has 0 spiro atoms. The first-order valence-electron chi connectivity index (χ1n) is 5.07. The Morgan fingerprint density at radius 1 is 1.59 bits per heavy atom. The van der Waals surface area contributed by atoms with E-state index in [1.807, 2.05) is 6.07 Å². The fourth-order valence-electron chi connectivity index (χ4n) is 1.58. The number of nitriles is 1. The minimum Gasteiger partial charge on any atom is -0.322 e. The zero-order valence-electron chi connectivity index (χ0n) is 9.21. The predicted octanol–water partition coefficient (Wildman–Crippen LogP) is 0.452. The molecule has 6 nitrogen and oxygen atoms in total. The molecule has 0 aliphatic rings. The van der Waals surface area contributed by atoms with Crippen LogP contribution in [0.1, 0.15) is 24.4 Å². The maximum absolute atomic E-state index is 11.7. The molecule has 1 aromatic heterocycles. The van der Waals surface area contributed by atoms with Crippen LogP contribution in [0, 0.1) is 11.3 Å². The van der Waals surface area contributed by atoms with Crippen LogP contribution in [0.3, 0.4) is 0 Å². The third-order valence-corrected chi connectivity index (χ3v) is 2.34. The van der Waals surface area contributed by atoms with Gasteiger partial charge >= 0.3 is 5.69 Å². The number of nitrogens with two attached hydrogens (primary N) is 1. The summed E-state index contributed by atoms with van der Waals surface area (Å²) in [5, 5.41) is 15.0. The number of aromatic amines is 1. The zero-order chi connectivity index (χ0) is 12.4. The van der Waals surface area contributed by atoms with Gasteiger partial charge in [-0.15, -0.1) is 0 Å². The van der Waals surface area contributed by atoms with Crippen molar-refractivity contribution in [3.05, 3.63) is 46.1 Å². The number of benzene rings is 1. The number of nitrogens with zero attached hydrogens (tertiary/aromatic N) is 3. The third-order valence-electron chi connectivity index (χ3n) is 2.34. The van der Waals surface area contributed by atoms with E-state index in [0.29, 0.717) is 17.1 Å². The quantitative estimate of drug-likeness (QED) is 0.780. The van der Waals surface area contributed by atoms with Crippen molar-refractivity contribution < 1.29 is 0 Å². The molecular weight excluding hydrogens is 218 g/mol. The fraction of sp³-hybridized carbons (Fsp3) is 0.182. The standard InChI is InChI=1S/C11H11N5O/c1-7(13)10-14-15-11(17)16(10)9-4-2-3-8(5-9)6-12/h2-5,7H,13H2,1H3,(H,15,17). The molecule has 0 fully saturated rings. The SMILES string of the molecule is CC(N)c1n[nH]c(=O)n1-c1cccc(C#N)c1. The predicted molar refractivity (Wildman–Crippen MR) is 61.5 cm³/mol. The van der Waals surface area contributed by atoms with Crippen molar-refractivity contribution >= 4 is 0 Å². The lowest BCUT2D eigenvalue weighted by Gasteiger charge is -2.07. The average molecular weight is 229 g/mol. The number of hydrogen-bond donors (Lipinski definition) is 2. The molecule has 2 aromatic rings. The fourth-order valence-corrected chi connectivity index (χ4v) is 1.58. The monoisotopic (exact) mass is 229 g/mol. The van der Waals surface area contributed by atoms with Crippen LogP contribution in [0.25, 0.3) is 5.69 Å². The van der Waals surface area contributed by atoms with E-state index in [2.05, 4.69) is 10.2 Å². The Labute approximate surface area is 97.3 Å². The molecule has 0 radical (unpaired) electrons. The van der Waals surface area contributed by atoms with Gasteiger partial charge in [0, 0.05) is 0 Å². The second kappa shape index (κ2) is 4.23. The summed E-state index contributed by atoms with van der Waals surface area (Å²) < 4.78 is 1.37. The van der Waals surface area contributed by atoms with Crippen LogP contribution in [0.15, 0.2) is 29.1 Å². The van der Waals surface area contributed by atoms with Gasteiger partial charge in [0.2, 0.25) is 0 Å². The Morgan fingerprint density at radius 2 is 2.35 bits per heavy atom. The molecule has 0 saturated carbocycles. The maximum atomic E-state index is 11.7. The first kappa shape index (κ1) is 11.1. The van der Waals surface area contributed by atoms with Crippen LogP contribution in [0.4, 0.5) is 0 Å². The summed E-state index contributed by atoms with van der Waals surface area (Å²) in [5.74, 6) is 0.435. The van der Waals surface area contributed by atoms with Gasteiger partial charge in [-0.05, 0) is 25.1 Å². The van der Waals surface area contributed by atoms with E-state index < -0.39 is 0 Å². The van der Waals surface area contributed by atoms with Crippen LogP contribution in [-0.4, -0.2) is 14.8 Å². The molecular formula is C11H11N5O. The van der Waals surface area contributed by atoms with Crippen molar-refractivity contribution in [3.8, 4) is 11.8 Å². The van der Waals surface area contributed by atoms with Crippen molar-refractivity contribution in [2.24, 2.45) is 5.73 Å². The maximum Gasteiger partial charge on any atom is 0.347 e. The van der Waals surface area contributed by atoms with Crippen LogP contribution in [0.5, 0.6) is 0 Å². The normalized spacial score (nSPS) is 12.1. The van der Waals surface area contributed by atoms with Gasteiger partial charge in [-0.25, -0.2) is 14.5 Å². The van der Waals surface area contributed by atoms with Gasteiger partial charge < -0.3 is 5.73 Å². The summed E-state index contributed by atoms with van der Waals surface area (Å²) in [6, 6.07) is 8.36. The number of nitrogens with one attached hydrogen (secondary N) is 1. The molecule has 1 heterocycles. The Morgan fingerprint density at radius 3 is 3.00 bits per heavy atom. The number of rotatable bonds is 2. The molecule has 3 N–H and O–H groups in total. The van der Waals surface area contributed by atoms with Crippen LogP contribution < -0.4 is 11.4 Å². The number of hydrogen-bond acceptors (Lipinski definition) is 4. The number of aromatic nitrogens is 3. The first-order chi connectivity index (χ1) is 8.13. The van der Waals surface area contributed by atoms with E-state index >= 15 is 0 Å². The van der Waals surface area contributed by atoms with Gasteiger partial charge in [0.25, 0.3) is 0 Å². The van der Waals surface area contributed by atoms with Gasteiger partial charge in [-0.2, -0.15) is 10.4 Å². The molecule has 1 aromatic carbocycles. The van der Waals surface area contributed by atoms with Crippen LogP contribution in [-0.2, 0) is 0 Å². The minimum atomic E-state index is -0.375. The van der Waals surface area contributed by atoms with Crippen molar-refractivity contribution in [1.82, 2.24) is 14.8 Å². The summed E-state index contributed by atoms with van der Waals surface area (Å²) in [6.07, 6.45) is 0. The highest BCUT2D eigenvalue weighted by Gasteiger charge is 2.13. The van der Waals surface area contributed by atoms with Crippen molar-refractivity contribution in [2.75, 3.05) is 0 Å². The second-order valence-corrected chi connectivity index (χ2v) is 3.67. The third kappa shape index (κ3) is 1.96. The topological polar surface area (TPSA) is 100 Å². The molecule has 2 rings (SSSR count). The molecule has 6 heteroatoms. The lowest BCUT2D eigenvalue weighted by atomic mass is 10.2. The van der Waals surface area contributed by atoms with E-state index in [4.69, 9.17) is 11.0 Å². The molecule has 86 valence electrons. The van der Waals surface area contributed by atoms with Crippen LogP contribution in [0.2, 0.25) is 0 Å². The molecule has 0 aliphatic heterocycles. The Balaban J connectivity index is 2.64. The number of H-pyrrole nitrogens is 1. The summed E-state index contributed by atoms with van der Waals surface area (Å²) in [4.78, 5) is 11.7. The summed E-state index contributed by atoms with van der Waals surface area (Å²) in [7, 11) is 0. The lowest BCUT2D eigenvalue weighted by Crippen LogP contribution is -2.20. The zero-order valence-corrected chi connectivity index (χ0v) is 9.21. The average Bonchev–Trinajstić information content (AvgIpc) is 2.71. The molecule has 1 atom stereocenters. The summed E-state index contributed by atoms with van der Waals surface area (Å²) >= 11 is 0. The second-order valence-electron chi connectivity index (χ2n) is 3.67. The Bertz CT molecular complexity index is 632. The Hall–Kier alpha value is -2.39. The van der Waals surface area contributed by atoms with Gasteiger partial charge in [0.1, 0.15) is 0 Å². The largest absolute Gasteiger partial charge is 0.347 e. The van der Waals surface area contributed by atoms with Gasteiger partial charge in [0.05, 0.1) is 23.4 Å². The van der Waals surface area contributed by atoms with Gasteiger partial charge in [-0.3, -0.25) is 0 Å². The van der Waals surface area contributed by atoms with E-state index in [1.165, 1.54) is 4.57 Å². The smallest absolute Gasteiger partial charge is 0.322 e. The van der Waals surface area contributed by atoms with Gasteiger partial charge in [-0.1, -0.05) is 6.07 Å². The van der Waals surface area contributed by atoms with E-state index in [0.717, 1.165) is 0 Å². The van der Waals surface area contributed by atoms with Crippen LogP contribution >= 0.6 is 0 Å². The molecule has 0 saturated heterocycles. The molecule has 1 unspecified atom stereocenters. The molecule has 0 bridgehead atoms. The molecule has 0 amide bonds. The Kier molecular flexibility index (Phi) is 2.77. The first-order valence-corrected chi connectivity index (χ1v) is 5.07. The van der Waals surface area contributed by atoms with Crippen molar-refractivity contribution in [1.29, 1.82) is 5.26 Å². The van der Waals surface area contributed by atoms with Gasteiger partial charge in [0.15, 0.2) is 5.82 Å². The van der Waals surface area contributed by atoms with Crippen molar-refractivity contribution in [3.63, 3.8) is 0 Å².